The van der Waals surface area contributed by atoms with Crippen LogP contribution in [0, 0.1) is 5.82 Å². The zero-order chi connectivity index (χ0) is 16.9. The lowest BCUT2D eigenvalue weighted by Crippen LogP contribution is -2.40. The number of amides is 1. The summed E-state index contributed by atoms with van der Waals surface area (Å²) < 4.78 is 38.3. The molecule has 0 aliphatic rings. The third kappa shape index (κ3) is 4.75. The van der Waals surface area contributed by atoms with Gasteiger partial charge in [0.05, 0.1) is 24.2 Å². The van der Waals surface area contributed by atoms with Gasteiger partial charge in [0.25, 0.3) is 0 Å². The Morgan fingerprint density at radius 3 is 2.52 bits per heavy atom. The molecule has 2 rings (SSSR count). The van der Waals surface area contributed by atoms with E-state index in [1.165, 1.54) is 18.2 Å². The van der Waals surface area contributed by atoms with Gasteiger partial charge in [-0.2, -0.15) is 0 Å². The van der Waals surface area contributed by atoms with Crippen LogP contribution in [0.4, 0.5) is 10.1 Å². The molecule has 0 bridgehead atoms. The normalized spacial score (nSPS) is 11.0. The van der Waals surface area contributed by atoms with E-state index in [2.05, 4.69) is 10.3 Å². The van der Waals surface area contributed by atoms with Gasteiger partial charge in [-0.15, -0.1) is 0 Å². The van der Waals surface area contributed by atoms with Crippen molar-refractivity contribution in [2.45, 2.75) is 6.54 Å². The van der Waals surface area contributed by atoms with Crippen molar-refractivity contribution in [2.24, 2.45) is 0 Å². The summed E-state index contributed by atoms with van der Waals surface area (Å²) in [6, 6.07) is 10.6. The molecule has 0 aliphatic heterocycles. The molecular formula is C15H16FN3O3S. The fourth-order valence-electron chi connectivity index (χ4n) is 1.91. The molecule has 1 amide bonds. The summed E-state index contributed by atoms with van der Waals surface area (Å²) in [5.41, 5.74) is 0.473. The molecule has 1 aromatic heterocycles. The number of benzene rings is 1. The van der Waals surface area contributed by atoms with Crippen molar-refractivity contribution < 1.29 is 17.6 Å². The molecule has 0 fully saturated rings. The van der Waals surface area contributed by atoms with E-state index in [1.54, 1.807) is 24.4 Å². The second-order valence-electron chi connectivity index (χ2n) is 4.82. The van der Waals surface area contributed by atoms with Crippen molar-refractivity contribution in [3.05, 3.63) is 60.2 Å². The summed E-state index contributed by atoms with van der Waals surface area (Å²) >= 11 is 0. The number of aromatic nitrogens is 1. The third-order valence-electron chi connectivity index (χ3n) is 3.00. The number of para-hydroxylation sites is 1. The Bertz CT molecular complexity index is 782. The van der Waals surface area contributed by atoms with Crippen LogP contribution in [0.3, 0.4) is 0 Å². The fraction of sp³-hybridized carbons (Fsp3) is 0.200. The van der Waals surface area contributed by atoms with Crippen molar-refractivity contribution in [1.29, 1.82) is 0 Å². The topological polar surface area (TPSA) is 79.4 Å². The van der Waals surface area contributed by atoms with Crippen LogP contribution in [-0.4, -0.2) is 32.1 Å². The number of sulfonamides is 1. The van der Waals surface area contributed by atoms with E-state index in [9.17, 15) is 17.6 Å². The maximum absolute atomic E-state index is 13.8. The van der Waals surface area contributed by atoms with Gasteiger partial charge in [-0.25, -0.2) is 12.8 Å². The number of hydrogen-bond donors (Lipinski definition) is 1. The van der Waals surface area contributed by atoms with Crippen LogP contribution in [0.5, 0.6) is 0 Å². The van der Waals surface area contributed by atoms with Crippen LogP contribution in [0.2, 0.25) is 0 Å². The maximum Gasteiger partial charge on any atom is 0.241 e. The van der Waals surface area contributed by atoms with Crippen LogP contribution < -0.4 is 9.62 Å². The van der Waals surface area contributed by atoms with Crippen molar-refractivity contribution in [2.75, 3.05) is 17.1 Å². The number of nitrogens with zero attached hydrogens (tertiary/aromatic N) is 2. The molecular weight excluding hydrogens is 321 g/mol. The second kappa shape index (κ2) is 7.19. The first kappa shape index (κ1) is 16.9. The van der Waals surface area contributed by atoms with Crippen LogP contribution in [-0.2, 0) is 21.4 Å². The predicted molar refractivity (Wildman–Crippen MR) is 84.7 cm³/mol. The van der Waals surface area contributed by atoms with Gasteiger partial charge in [-0.05, 0) is 24.3 Å². The van der Waals surface area contributed by atoms with Crippen molar-refractivity contribution in [1.82, 2.24) is 10.3 Å². The highest BCUT2D eigenvalue weighted by molar-refractivity contribution is 7.92. The lowest BCUT2D eigenvalue weighted by molar-refractivity contribution is -0.119. The Morgan fingerprint density at radius 1 is 1.22 bits per heavy atom. The molecule has 1 aromatic carbocycles. The average molecular weight is 337 g/mol. The van der Waals surface area contributed by atoms with Gasteiger partial charge in [0.2, 0.25) is 15.9 Å². The number of pyridine rings is 1. The molecule has 23 heavy (non-hydrogen) atoms. The number of rotatable bonds is 6. The number of carbonyl (C=O) groups excluding carboxylic acids is 1. The van der Waals surface area contributed by atoms with Crippen molar-refractivity contribution in [3.8, 4) is 0 Å². The molecule has 6 nitrogen and oxygen atoms in total. The molecule has 0 aliphatic carbocycles. The van der Waals surface area contributed by atoms with Gasteiger partial charge in [0.15, 0.2) is 0 Å². The molecule has 0 saturated carbocycles. The molecule has 1 heterocycles. The molecule has 2 aromatic rings. The SMILES string of the molecule is CS(=O)(=O)N(CC(=O)NCc1ccccn1)c1ccccc1F. The van der Waals surface area contributed by atoms with E-state index >= 15 is 0 Å². The van der Waals surface area contributed by atoms with E-state index in [1.807, 2.05) is 0 Å². The Labute approximate surface area is 134 Å². The van der Waals surface area contributed by atoms with E-state index in [4.69, 9.17) is 0 Å². The summed E-state index contributed by atoms with van der Waals surface area (Å²) in [6.45, 7) is -0.346. The minimum Gasteiger partial charge on any atom is -0.349 e. The van der Waals surface area contributed by atoms with Crippen molar-refractivity contribution >= 4 is 21.6 Å². The first-order chi connectivity index (χ1) is 10.9. The lowest BCUT2D eigenvalue weighted by atomic mass is 10.3. The number of hydrogen-bond acceptors (Lipinski definition) is 4. The van der Waals surface area contributed by atoms with E-state index in [-0.39, 0.29) is 12.2 Å². The Kier molecular flexibility index (Phi) is 5.28. The smallest absolute Gasteiger partial charge is 0.241 e. The highest BCUT2D eigenvalue weighted by Gasteiger charge is 2.23. The standard InChI is InChI=1S/C15H16FN3O3S/c1-23(21,22)19(14-8-3-2-7-13(14)16)11-15(20)18-10-12-6-4-5-9-17-12/h2-9H,10-11H2,1H3,(H,18,20). The summed E-state index contributed by atoms with van der Waals surface area (Å²) in [6.07, 6.45) is 2.51. The first-order valence-electron chi connectivity index (χ1n) is 6.77. The summed E-state index contributed by atoms with van der Waals surface area (Å²) in [7, 11) is -3.80. The second-order valence-corrected chi connectivity index (χ2v) is 6.73. The molecule has 0 unspecified atom stereocenters. The number of nitrogens with one attached hydrogen (secondary N) is 1. The van der Waals surface area contributed by atoms with Crippen LogP contribution in [0.1, 0.15) is 5.69 Å². The minimum atomic E-state index is -3.80. The number of anilines is 1. The zero-order valence-corrected chi connectivity index (χ0v) is 13.3. The maximum atomic E-state index is 13.8. The molecule has 0 saturated heterocycles. The first-order valence-corrected chi connectivity index (χ1v) is 8.61. The molecule has 8 heteroatoms. The third-order valence-corrected chi connectivity index (χ3v) is 4.13. The highest BCUT2D eigenvalue weighted by atomic mass is 32.2. The van der Waals surface area contributed by atoms with E-state index < -0.39 is 28.3 Å². The van der Waals surface area contributed by atoms with E-state index in [0.717, 1.165) is 16.6 Å². The summed E-state index contributed by atoms with van der Waals surface area (Å²) in [5.74, 6) is -1.26. The fourth-order valence-corrected chi connectivity index (χ4v) is 2.77. The van der Waals surface area contributed by atoms with Gasteiger partial charge >= 0.3 is 0 Å². The number of carbonyl (C=O) groups is 1. The summed E-state index contributed by atoms with van der Waals surface area (Å²) in [5, 5.41) is 2.56. The Hall–Kier alpha value is -2.48. The van der Waals surface area contributed by atoms with Gasteiger partial charge in [0.1, 0.15) is 12.4 Å². The quantitative estimate of drug-likeness (QED) is 0.862. The molecule has 122 valence electrons. The Morgan fingerprint density at radius 2 is 1.91 bits per heavy atom. The molecule has 0 radical (unpaired) electrons. The predicted octanol–water partition coefficient (Wildman–Crippen LogP) is 1.30. The van der Waals surface area contributed by atoms with Gasteiger partial charge in [-0.3, -0.25) is 14.1 Å². The average Bonchev–Trinajstić information content (AvgIpc) is 2.51. The zero-order valence-electron chi connectivity index (χ0n) is 12.4. The lowest BCUT2D eigenvalue weighted by Gasteiger charge is -2.22. The van der Waals surface area contributed by atoms with Gasteiger partial charge in [0, 0.05) is 6.20 Å². The minimum absolute atomic E-state index is 0.161. The van der Waals surface area contributed by atoms with Crippen molar-refractivity contribution in [3.63, 3.8) is 0 Å². The summed E-state index contributed by atoms with van der Waals surface area (Å²) in [4.78, 5) is 16.0. The van der Waals surface area contributed by atoms with Crippen LogP contribution in [0.25, 0.3) is 0 Å². The molecule has 0 atom stereocenters. The molecule has 1 N–H and O–H groups in total. The van der Waals surface area contributed by atoms with Gasteiger partial charge < -0.3 is 5.32 Å². The van der Waals surface area contributed by atoms with Crippen LogP contribution >= 0.6 is 0 Å². The Balaban J connectivity index is 2.10. The van der Waals surface area contributed by atoms with Gasteiger partial charge in [-0.1, -0.05) is 18.2 Å². The van der Waals surface area contributed by atoms with E-state index in [0.29, 0.717) is 5.69 Å². The number of halogens is 1. The van der Waals surface area contributed by atoms with Crippen LogP contribution in [0.15, 0.2) is 48.7 Å². The monoisotopic (exact) mass is 337 g/mol. The largest absolute Gasteiger partial charge is 0.349 e. The molecule has 0 spiro atoms. The highest BCUT2D eigenvalue weighted by Crippen LogP contribution is 2.20.